The Morgan fingerprint density at radius 2 is 2.06 bits per heavy atom. The first-order chi connectivity index (χ1) is 8.08. The van der Waals surface area contributed by atoms with Gasteiger partial charge < -0.3 is 5.32 Å². The van der Waals surface area contributed by atoms with Gasteiger partial charge in [0, 0.05) is 23.2 Å². The Kier molecular flexibility index (Phi) is 6.52. The highest BCUT2D eigenvalue weighted by atomic mass is 32.2. The van der Waals surface area contributed by atoms with E-state index in [2.05, 4.69) is 39.3 Å². The molecule has 0 saturated carbocycles. The molecular weight excluding hydrogens is 248 g/mol. The summed E-state index contributed by atoms with van der Waals surface area (Å²) in [6.45, 7) is 9.87. The Morgan fingerprint density at radius 3 is 2.59 bits per heavy atom. The first-order valence-electron chi connectivity index (χ1n) is 6.29. The van der Waals surface area contributed by atoms with E-state index in [4.69, 9.17) is 4.98 Å². The molecule has 0 aliphatic heterocycles. The molecule has 1 rings (SSSR count). The summed E-state index contributed by atoms with van der Waals surface area (Å²) in [6.07, 6.45) is 3.31. The van der Waals surface area contributed by atoms with Crippen LogP contribution in [-0.4, -0.2) is 17.3 Å². The van der Waals surface area contributed by atoms with Crippen molar-refractivity contribution in [2.75, 3.05) is 6.26 Å². The average molecular weight is 272 g/mol. The van der Waals surface area contributed by atoms with Crippen molar-refractivity contribution < 1.29 is 0 Å². The van der Waals surface area contributed by atoms with E-state index in [1.165, 1.54) is 22.0 Å². The predicted octanol–water partition coefficient (Wildman–Crippen LogP) is 4.02. The summed E-state index contributed by atoms with van der Waals surface area (Å²) in [4.78, 5) is 6.18. The molecule has 0 saturated heterocycles. The van der Waals surface area contributed by atoms with Crippen LogP contribution >= 0.6 is 23.1 Å². The molecule has 1 unspecified atom stereocenters. The number of hydrogen-bond donors (Lipinski definition) is 1. The minimum atomic E-state index is 0.524. The fourth-order valence-corrected chi connectivity index (χ4v) is 3.46. The topological polar surface area (TPSA) is 24.9 Å². The van der Waals surface area contributed by atoms with Crippen LogP contribution in [0, 0.1) is 0 Å². The molecule has 1 aromatic rings. The number of nitrogens with one attached hydrogen (secondary N) is 1. The lowest BCUT2D eigenvalue weighted by Gasteiger charge is -2.11. The fraction of sp³-hybridized carbons (Fsp3) is 0.769. The molecule has 1 N–H and O–H groups in total. The van der Waals surface area contributed by atoms with E-state index in [-0.39, 0.29) is 0 Å². The van der Waals surface area contributed by atoms with Crippen molar-refractivity contribution in [1.29, 1.82) is 0 Å². The Hall–Kier alpha value is -0.0600. The molecule has 0 bridgehead atoms. The van der Waals surface area contributed by atoms with Gasteiger partial charge in [0.15, 0.2) is 0 Å². The molecular formula is C13H24N2S2. The fourth-order valence-electron chi connectivity index (χ4n) is 1.59. The number of hydrogen-bond acceptors (Lipinski definition) is 4. The van der Waals surface area contributed by atoms with Gasteiger partial charge in [0.1, 0.15) is 5.01 Å². The largest absolute Gasteiger partial charge is 0.309 e. The van der Waals surface area contributed by atoms with Crippen LogP contribution < -0.4 is 5.32 Å². The molecule has 0 fully saturated rings. The molecule has 0 spiro atoms. The Bertz CT molecular complexity index is 334. The van der Waals surface area contributed by atoms with Crippen LogP contribution in [0.25, 0.3) is 0 Å². The molecule has 4 heteroatoms. The summed E-state index contributed by atoms with van der Waals surface area (Å²) in [6, 6.07) is 0.584. The first-order valence-corrected chi connectivity index (χ1v) is 8.50. The minimum Gasteiger partial charge on any atom is -0.309 e. The maximum atomic E-state index is 4.76. The van der Waals surface area contributed by atoms with E-state index in [1.54, 1.807) is 0 Å². The van der Waals surface area contributed by atoms with Gasteiger partial charge in [-0.25, -0.2) is 4.98 Å². The lowest BCUT2D eigenvalue weighted by molar-refractivity contribution is 0.534. The van der Waals surface area contributed by atoms with Crippen LogP contribution in [-0.2, 0) is 12.3 Å². The monoisotopic (exact) mass is 272 g/mol. The lowest BCUT2D eigenvalue weighted by Crippen LogP contribution is -2.24. The van der Waals surface area contributed by atoms with Gasteiger partial charge in [0.25, 0.3) is 0 Å². The van der Waals surface area contributed by atoms with Crippen LogP contribution in [0.2, 0.25) is 0 Å². The molecule has 0 radical (unpaired) electrons. The van der Waals surface area contributed by atoms with E-state index in [0.717, 1.165) is 12.3 Å². The van der Waals surface area contributed by atoms with Crippen molar-refractivity contribution in [1.82, 2.24) is 10.3 Å². The molecule has 1 aromatic heterocycles. The number of thiazole rings is 1. The number of thioether (sulfide) groups is 1. The van der Waals surface area contributed by atoms with Gasteiger partial charge in [-0.2, -0.15) is 11.8 Å². The number of rotatable bonds is 7. The third kappa shape index (κ3) is 4.60. The van der Waals surface area contributed by atoms with Crippen LogP contribution in [0.4, 0.5) is 0 Å². The van der Waals surface area contributed by atoms with Crippen molar-refractivity contribution in [2.45, 2.75) is 58.4 Å². The van der Waals surface area contributed by atoms with E-state index < -0.39 is 0 Å². The van der Waals surface area contributed by atoms with E-state index >= 15 is 0 Å². The standard InChI is InChI=1S/C13H24N2S2/c1-6-10(4)14-7-11-13(9(2)3)15-12(17-11)8-16-5/h9-10,14H,6-8H2,1-5H3. The second-order valence-corrected chi connectivity index (χ2v) is 6.73. The smallest absolute Gasteiger partial charge is 0.103 e. The summed E-state index contributed by atoms with van der Waals surface area (Å²) in [5, 5.41) is 4.83. The highest BCUT2D eigenvalue weighted by Gasteiger charge is 2.14. The van der Waals surface area contributed by atoms with Gasteiger partial charge in [0.05, 0.1) is 5.69 Å². The molecule has 0 aliphatic rings. The highest BCUT2D eigenvalue weighted by Crippen LogP contribution is 2.27. The number of nitrogens with zero attached hydrogens (tertiary/aromatic N) is 1. The van der Waals surface area contributed by atoms with Crippen molar-refractivity contribution in [2.24, 2.45) is 0 Å². The molecule has 2 nitrogen and oxygen atoms in total. The van der Waals surface area contributed by atoms with Gasteiger partial charge >= 0.3 is 0 Å². The van der Waals surface area contributed by atoms with Gasteiger partial charge in [0.2, 0.25) is 0 Å². The quantitative estimate of drug-likeness (QED) is 0.811. The van der Waals surface area contributed by atoms with Crippen molar-refractivity contribution in [3.63, 3.8) is 0 Å². The summed E-state index contributed by atoms with van der Waals surface area (Å²) < 4.78 is 0. The maximum Gasteiger partial charge on any atom is 0.103 e. The van der Waals surface area contributed by atoms with Crippen molar-refractivity contribution in [3.8, 4) is 0 Å². The lowest BCUT2D eigenvalue weighted by atomic mass is 10.1. The van der Waals surface area contributed by atoms with Gasteiger partial charge in [-0.05, 0) is 25.5 Å². The molecule has 0 aliphatic carbocycles. The molecule has 1 atom stereocenters. The zero-order valence-electron chi connectivity index (χ0n) is 11.5. The first kappa shape index (κ1) is 15.0. The van der Waals surface area contributed by atoms with E-state index in [0.29, 0.717) is 12.0 Å². The second-order valence-electron chi connectivity index (χ2n) is 4.69. The number of aromatic nitrogens is 1. The SMILES string of the molecule is CCC(C)NCc1sc(CSC)nc1C(C)C. The molecule has 0 amide bonds. The Balaban J connectivity index is 2.73. The van der Waals surface area contributed by atoms with Gasteiger partial charge in [-0.3, -0.25) is 0 Å². The molecule has 0 aromatic carbocycles. The van der Waals surface area contributed by atoms with Gasteiger partial charge in [-0.15, -0.1) is 11.3 Å². The summed E-state index contributed by atoms with van der Waals surface area (Å²) in [5.74, 6) is 1.56. The Labute approximate surface area is 114 Å². The minimum absolute atomic E-state index is 0.524. The maximum absolute atomic E-state index is 4.76. The van der Waals surface area contributed by atoms with Crippen LogP contribution in [0.3, 0.4) is 0 Å². The average Bonchev–Trinajstić information content (AvgIpc) is 2.69. The predicted molar refractivity (Wildman–Crippen MR) is 80.0 cm³/mol. The van der Waals surface area contributed by atoms with E-state index in [1.807, 2.05) is 23.1 Å². The normalized spacial score (nSPS) is 13.3. The van der Waals surface area contributed by atoms with Crippen molar-refractivity contribution in [3.05, 3.63) is 15.6 Å². The molecule has 98 valence electrons. The van der Waals surface area contributed by atoms with E-state index in [9.17, 15) is 0 Å². The zero-order chi connectivity index (χ0) is 12.8. The molecule has 1 heterocycles. The van der Waals surface area contributed by atoms with Crippen LogP contribution in [0.1, 0.15) is 55.6 Å². The van der Waals surface area contributed by atoms with Crippen LogP contribution in [0.5, 0.6) is 0 Å². The third-order valence-electron chi connectivity index (χ3n) is 2.81. The summed E-state index contributed by atoms with van der Waals surface area (Å²) in [7, 11) is 0. The summed E-state index contributed by atoms with van der Waals surface area (Å²) >= 11 is 3.72. The molecule has 17 heavy (non-hydrogen) atoms. The van der Waals surface area contributed by atoms with Gasteiger partial charge in [-0.1, -0.05) is 20.8 Å². The highest BCUT2D eigenvalue weighted by molar-refractivity contribution is 7.97. The third-order valence-corrected chi connectivity index (χ3v) is 4.63. The van der Waals surface area contributed by atoms with Crippen LogP contribution in [0.15, 0.2) is 0 Å². The Morgan fingerprint density at radius 1 is 1.35 bits per heavy atom. The summed E-state index contributed by atoms with van der Waals surface area (Å²) in [5.41, 5.74) is 1.29. The second kappa shape index (κ2) is 7.39. The van der Waals surface area contributed by atoms with Crippen molar-refractivity contribution >= 4 is 23.1 Å². The zero-order valence-corrected chi connectivity index (χ0v) is 13.2.